The summed E-state index contributed by atoms with van der Waals surface area (Å²) in [5.41, 5.74) is 2.50. The molecule has 1 aromatic rings. The molecule has 0 saturated carbocycles. The van der Waals surface area contributed by atoms with Crippen molar-refractivity contribution in [3.63, 3.8) is 0 Å². The maximum atomic E-state index is 11.9. The first-order valence-electron chi connectivity index (χ1n) is 4.75. The Kier molecular flexibility index (Phi) is 4.33. The molecule has 0 bridgehead atoms. The predicted molar refractivity (Wildman–Crippen MR) is 53.8 cm³/mol. The minimum Gasteiger partial charge on any atom is -0.406 e. The van der Waals surface area contributed by atoms with Crippen LogP contribution in [0, 0.1) is 0 Å². The first-order chi connectivity index (χ1) is 7.90. The summed E-state index contributed by atoms with van der Waals surface area (Å²) in [6.07, 6.45) is -4.32. The van der Waals surface area contributed by atoms with Crippen molar-refractivity contribution in [1.82, 2.24) is 5.43 Å². The first-order valence-corrected chi connectivity index (χ1v) is 4.75. The summed E-state index contributed by atoms with van der Waals surface area (Å²) in [6, 6.07) is 5.46. The van der Waals surface area contributed by atoms with E-state index in [1.165, 1.54) is 18.2 Å². The molecule has 1 aromatic carbocycles. The molecule has 1 rings (SSSR count). The fraction of sp³-hybridized carbons (Fsp3) is 0.300. The molecule has 0 radical (unpaired) electrons. The summed E-state index contributed by atoms with van der Waals surface area (Å²) in [7, 11) is 0. The molecule has 17 heavy (non-hydrogen) atoms. The summed E-state index contributed by atoms with van der Waals surface area (Å²) in [5, 5.41) is 0. The van der Waals surface area contributed by atoms with Gasteiger partial charge in [0.2, 0.25) is 5.91 Å². The Morgan fingerprint density at radius 1 is 1.41 bits per heavy atom. The van der Waals surface area contributed by atoms with Crippen LogP contribution in [0.4, 0.5) is 13.2 Å². The van der Waals surface area contributed by atoms with Gasteiger partial charge in [-0.2, -0.15) is 0 Å². The highest BCUT2D eigenvalue weighted by Crippen LogP contribution is 2.23. The average molecular weight is 248 g/mol. The first kappa shape index (κ1) is 13.3. The second-order valence-corrected chi connectivity index (χ2v) is 3.26. The number of nitrogens with one attached hydrogen (secondary N) is 1. The summed E-state index contributed by atoms with van der Waals surface area (Å²) >= 11 is 0. The van der Waals surface area contributed by atoms with Gasteiger partial charge in [0.1, 0.15) is 5.75 Å². The normalized spacial score (nSPS) is 11.1. The minimum atomic E-state index is -4.72. The van der Waals surface area contributed by atoms with Gasteiger partial charge in [-0.25, -0.2) is 5.84 Å². The number of hydrogen-bond donors (Lipinski definition) is 2. The lowest BCUT2D eigenvalue weighted by Crippen LogP contribution is -2.30. The molecule has 7 heteroatoms. The largest absolute Gasteiger partial charge is 0.573 e. The molecule has 0 aliphatic rings. The lowest BCUT2D eigenvalue weighted by atomic mass is 10.1. The zero-order chi connectivity index (χ0) is 12.9. The molecular weight excluding hydrogens is 237 g/mol. The summed E-state index contributed by atoms with van der Waals surface area (Å²) in [5.74, 6) is 4.19. The number of amides is 1. The Morgan fingerprint density at radius 2 is 2.12 bits per heavy atom. The van der Waals surface area contributed by atoms with Gasteiger partial charge in [0.15, 0.2) is 0 Å². The Morgan fingerprint density at radius 3 is 2.71 bits per heavy atom. The van der Waals surface area contributed by atoms with Gasteiger partial charge in [0.05, 0.1) is 0 Å². The van der Waals surface area contributed by atoms with E-state index in [9.17, 15) is 18.0 Å². The maximum Gasteiger partial charge on any atom is 0.573 e. The van der Waals surface area contributed by atoms with Crippen LogP contribution in [0.15, 0.2) is 24.3 Å². The lowest BCUT2D eigenvalue weighted by Gasteiger charge is -2.09. The Hall–Kier alpha value is -1.76. The SMILES string of the molecule is NNC(=O)CCc1cccc(OC(F)(F)F)c1. The van der Waals surface area contributed by atoms with Crippen LogP contribution in [0.25, 0.3) is 0 Å². The van der Waals surface area contributed by atoms with E-state index in [-0.39, 0.29) is 24.5 Å². The molecule has 3 N–H and O–H groups in total. The molecule has 0 fully saturated rings. The number of aryl methyl sites for hydroxylation is 1. The molecule has 0 unspecified atom stereocenters. The van der Waals surface area contributed by atoms with E-state index < -0.39 is 6.36 Å². The third-order valence-corrected chi connectivity index (χ3v) is 1.93. The molecule has 0 heterocycles. The second kappa shape index (κ2) is 5.53. The van der Waals surface area contributed by atoms with Crippen LogP contribution in [-0.2, 0) is 11.2 Å². The Balaban J connectivity index is 2.63. The highest BCUT2D eigenvalue weighted by atomic mass is 19.4. The Bertz CT molecular complexity index is 393. The van der Waals surface area contributed by atoms with Crippen LogP contribution < -0.4 is 16.0 Å². The zero-order valence-corrected chi connectivity index (χ0v) is 8.75. The van der Waals surface area contributed by atoms with Crippen LogP contribution in [0.5, 0.6) is 5.75 Å². The lowest BCUT2D eigenvalue weighted by molar-refractivity contribution is -0.274. The predicted octanol–water partition coefficient (Wildman–Crippen LogP) is 1.51. The number of hydrogen-bond acceptors (Lipinski definition) is 3. The summed E-state index contributed by atoms with van der Waals surface area (Å²) in [4.78, 5) is 10.9. The number of rotatable bonds is 4. The molecule has 0 atom stereocenters. The third-order valence-electron chi connectivity index (χ3n) is 1.93. The topological polar surface area (TPSA) is 64.3 Å². The highest BCUT2D eigenvalue weighted by molar-refractivity contribution is 5.75. The van der Waals surface area contributed by atoms with Gasteiger partial charge in [0.25, 0.3) is 0 Å². The number of carbonyl (C=O) groups is 1. The van der Waals surface area contributed by atoms with E-state index in [1.807, 2.05) is 5.43 Å². The molecule has 0 aliphatic heterocycles. The molecule has 94 valence electrons. The van der Waals surface area contributed by atoms with Gasteiger partial charge in [-0.05, 0) is 24.1 Å². The summed E-state index contributed by atoms with van der Waals surface area (Å²) in [6.45, 7) is 0. The molecule has 0 saturated heterocycles. The molecule has 0 aliphatic carbocycles. The van der Waals surface area contributed by atoms with Gasteiger partial charge < -0.3 is 4.74 Å². The number of halogens is 3. The molecule has 1 amide bonds. The molecule has 0 aromatic heterocycles. The van der Waals surface area contributed by atoms with Gasteiger partial charge in [0, 0.05) is 6.42 Å². The second-order valence-electron chi connectivity index (χ2n) is 3.26. The number of nitrogens with two attached hydrogens (primary N) is 1. The van der Waals surface area contributed by atoms with Gasteiger partial charge in [-0.1, -0.05) is 12.1 Å². The summed E-state index contributed by atoms with van der Waals surface area (Å²) < 4.78 is 39.6. The fourth-order valence-electron chi connectivity index (χ4n) is 1.23. The smallest absolute Gasteiger partial charge is 0.406 e. The van der Waals surface area contributed by atoms with Crippen LogP contribution in [0.1, 0.15) is 12.0 Å². The third kappa shape index (κ3) is 5.21. The van der Waals surface area contributed by atoms with Crippen molar-refractivity contribution in [3.8, 4) is 5.75 Å². The van der Waals surface area contributed by atoms with Crippen molar-refractivity contribution in [3.05, 3.63) is 29.8 Å². The molecule has 4 nitrogen and oxygen atoms in total. The van der Waals surface area contributed by atoms with Crippen LogP contribution in [0.3, 0.4) is 0 Å². The van der Waals surface area contributed by atoms with Gasteiger partial charge >= 0.3 is 6.36 Å². The van der Waals surface area contributed by atoms with E-state index in [2.05, 4.69) is 4.74 Å². The minimum absolute atomic E-state index is 0.103. The van der Waals surface area contributed by atoms with Crippen molar-refractivity contribution < 1.29 is 22.7 Å². The fourth-order valence-corrected chi connectivity index (χ4v) is 1.23. The number of ether oxygens (including phenoxy) is 1. The van der Waals surface area contributed by atoms with E-state index in [1.54, 1.807) is 6.07 Å². The van der Waals surface area contributed by atoms with Gasteiger partial charge in [-0.3, -0.25) is 10.2 Å². The van der Waals surface area contributed by atoms with E-state index in [4.69, 9.17) is 5.84 Å². The molecular formula is C10H11F3N2O2. The Labute approximate surface area is 95.5 Å². The number of alkyl halides is 3. The van der Waals surface area contributed by atoms with Crippen LogP contribution in [-0.4, -0.2) is 12.3 Å². The van der Waals surface area contributed by atoms with Crippen molar-refractivity contribution in [1.29, 1.82) is 0 Å². The quantitative estimate of drug-likeness (QED) is 0.482. The van der Waals surface area contributed by atoms with E-state index >= 15 is 0 Å². The van der Waals surface area contributed by atoms with Crippen molar-refractivity contribution in [2.24, 2.45) is 5.84 Å². The number of hydrazine groups is 1. The highest BCUT2D eigenvalue weighted by Gasteiger charge is 2.31. The van der Waals surface area contributed by atoms with E-state index in [0.29, 0.717) is 5.56 Å². The molecule has 0 spiro atoms. The monoisotopic (exact) mass is 248 g/mol. The number of carbonyl (C=O) groups excluding carboxylic acids is 1. The average Bonchev–Trinajstić information content (AvgIpc) is 2.24. The maximum absolute atomic E-state index is 11.9. The van der Waals surface area contributed by atoms with Crippen molar-refractivity contribution in [2.45, 2.75) is 19.2 Å². The van der Waals surface area contributed by atoms with Crippen LogP contribution in [0.2, 0.25) is 0 Å². The number of benzene rings is 1. The van der Waals surface area contributed by atoms with Gasteiger partial charge in [-0.15, -0.1) is 13.2 Å². The van der Waals surface area contributed by atoms with E-state index in [0.717, 1.165) is 0 Å². The van der Waals surface area contributed by atoms with Crippen molar-refractivity contribution in [2.75, 3.05) is 0 Å². The van der Waals surface area contributed by atoms with Crippen LogP contribution >= 0.6 is 0 Å². The van der Waals surface area contributed by atoms with Crippen molar-refractivity contribution >= 4 is 5.91 Å². The standard InChI is InChI=1S/C10H11F3N2O2/c11-10(12,13)17-8-3-1-2-7(6-8)4-5-9(16)15-14/h1-3,6H,4-5,14H2,(H,15,16). The zero-order valence-electron chi connectivity index (χ0n) is 8.75.